The summed E-state index contributed by atoms with van der Waals surface area (Å²) in [5, 5.41) is 12.1. The van der Waals surface area contributed by atoms with Crippen LogP contribution in [0.5, 0.6) is 0 Å². The van der Waals surface area contributed by atoms with Gasteiger partial charge in [0, 0.05) is 31.9 Å². The zero-order valence-corrected chi connectivity index (χ0v) is 21.8. The number of nitrogens with two attached hydrogens (primary N) is 1. The van der Waals surface area contributed by atoms with Crippen molar-refractivity contribution in [1.29, 1.82) is 0 Å². The maximum Gasteiger partial charge on any atom is 0.233 e. The van der Waals surface area contributed by atoms with Crippen LogP contribution in [0.15, 0.2) is 61.2 Å². The van der Waals surface area contributed by atoms with Gasteiger partial charge in [0.25, 0.3) is 0 Å². The molecule has 0 aliphatic heterocycles. The first-order valence-electron chi connectivity index (χ1n) is 12.6. The van der Waals surface area contributed by atoms with Crippen LogP contribution in [-0.2, 0) is 27.2 Å². The van der Waals surface area contributed by atoms with Gasteiger partial charge in [-0.2, -0.15) is 15.0 Å². The van der Waals surface area contributed by atoms with Crippen molar-refractivity contribution in [3.05, 3.63) is 78.1 Å². The monoisotopic (exact) mass is 538 g/mol. The fourth-order valence-electron chi connectivity index (χ4n) is 3.33. The van der Waals surface area contributed by atoms with E-state index in [0.29, 0.717) is 70.5 Å². The second-order valence-electron chi connectivity index (χ2n) is 8.32. The van der Waals surface area contributed by atoms with E-state index in [4.69, 9.17) is 15.2 Å². The Morgan fingerprint density at radius 3 is 2.36 bits per heavy atom. The summed E-state index contributed by atoms with van der Waals surface area (Å²) in [5.41, 5.74) is 7.69. The van der Waals surface area contributed by atoms with Crippen molar-refractivity contribution in [3.63, 3.8) is 0 Å². The summed E-state index contributed by atoms with van der Waals surface area (Å²) < 4.78 is 24.1. The molecule has 0 aliphatic carbocycles. The number of hydrogen-bond acceptors (Lipinski definition) is 10. The third-order valence-corrected chi connectivity index (χ3v) is 5.16. The summed E-state index contributed by atoms with van der Waals surface area (Å²) >= 11 is 0. The molecular weight excluding hydrogens is 503 g/mol. The number of nitrogens with zero attached hydrogens (tertiary/aromatic N) is 3. The Bertz CT molecular complexity index is 1180. The van der Waals surface area contributed by atoms with Crippen LogP contribution < -0.4 is 27.0 Å². The Balaban J connectivity index is 1.51. The quantitative estimate of drug-likeness (QED) is 0.121. The fourth-order valence-corrected chi connectivity index (χ4v) is 3.33. The molecule has 1 amide bonds. The van der Waals surface area contributed by atoms with Gasteiger partial charge in [-0.25, -0.2) is 4.39 Å². The van der Waals surface area contributed by atoms with Crippen LogP contribution in [0.1, 0.15) is 11.1 Å². The van der Waals surface area contributed by atoms with Gasteiger partial charge in [-0.3, -0.25) is 4.79 Å². The molecule has 39 heavy (non-hydrogen) atoms. The highest BCUT2D eigenvalue weighted by Crippen LogP contribution is 2.17. The van der Waals surface area contributed by atoms with Crippen molar-refractivity contribution >= 4 is 29.4 Å². The molecular formula is C27H35FN8O3. The van der Waals surface area contributed by atoms with Crippen molar-refractivity contribution in [2.75, 3.05) is 62.0 Å². The van der Waals surface area contributed by atoms with Gasteiger partial charge < -0.3 is 36.5 Å². The standard InChI is InChI=1S/C27H35FN8O3/c1-2-11-31-25-34-26(32-19-21-4-3-5-22(28)17-21)36-27(35-25)33-23-8-6-20(7-9-23)18-24(37)30-12-14-39-16-15-38-13-10-29/h2-9,17H,1,10-16,18-19,29H2,(H,30,37)(H3,31,32,33,34,35,36). The molecule has 1 heterocycles. The Labute approximate surface area is 227 Å². The smallest absolute Gasteiger partial charge is 0.233 e. The molecule has 2 aromatic carbocycles. The molecule has 3 aromatic rings. The maximum absolute atomic E-state index is 13.5. The Morgan fingerprint density at radius 2 is 1.64 bits per heavy atom. The summed E-state index contributed by atoms with van der Waals surface area (Å²) in [6.07, 6.45) is 1.94. The minimum atomic E-state index is -0.309. The van der Waals surface area contributed by atoms with E-state index in [1.165, 1.54) is 12.1 Å². The molecule has 12 heteroatoms. The first-order valence-corrected chi connectivity index (χ1v) is 12.6. The highest BCUT2D eigenvalue weighted by Gasteiger charge is 2.08. The Hall–Kier alpha value is -4.13. The Morgan fingerprint density at radius 1 is 0.923 bits per heavy atom. The molecule has 0 saturated carbocycles. The minimum absolute atomic E-state index is 0.0943. The van der Waals surface area contributed by atoms with Gasteiger partial charge in [-0.15, -0.1) is 6.58 Å². The third-order valence-electron chi connectivity index (χ3n) is 5.16. The third kappa shape index (κ3) is 11.4. The SMILES string of the molecule is C=CCNc1nc(NCc2cccc(F)c2)nc(Nc2ccc(CC(=O)NCCOCCOCCN)cc2)n1. The van der Waals surface area contributed by atoms with Crippen LogP contribution in [0.2, 0.25) is 0 Å². The maximum atomic E-state index is 13.5. The van der Waals surface area contributed by atoms with Crippen molar-refractivity contribution < 1.29 is 18.7 Å². The van der Waals surface area contributed by atoms with E-state index in [0.717, 1.165) is 16.8 Å². The van der Waals surface area contributed by atoms with E-state index < -0.39 is 0 Å². The van der Waals surface area contributed by atoms with Crippen LogP contribution >= 0.6 is 0 Å². The predicted molar refractivity (Wildman–Crippen MR) is 149 cm³/mol. The summed E-state index contributed by atoms with van der Waals surface area (Å²) in [5.74, 6) is 0.592. The van der Waals surface area contributed by atoms with Gasteiger partial charge in [-0.1, -0.05) is 30.3 Å². The van der Waals surface area contributed by atoms with E-state index in [9.17, 15) is 9.18 Å². The molecule has 0 atom stereocenters. The van der Waals surface area contributed by atoms with Crippen LogP contribution in [0.25, 0.3) is 0 Å². The first-order chi connectivity index (χ1) is 19.1. The molecule has 0 spiro atoms. The molecule has 0 unspecified atom stereocenters. The number of amides is 1. The van der Waals surface area contributed by atoms with Gasteiger partial charge in [0.05, 0.1) is 32.8 Å². The summed E-state index contributed by atoms with van der Waals surface area (Å²) in [4.78, 5) is 25.4. The molecule has 11 nitrogen and oxygen atoms in total. The van der Waals surface area contributed by atoms with Crippen LogP contribution in [-0.4, -0.2) is 66.9 Å². The van der Waals surface area contributed by atoms with Crippen molar-refractivity contribution in [3.8, 4) is 0 Å². The van der Waals surface area contributed by atoms with E-state index in [2.05, 4.69) is 42.8 Å². The second kappa shape index (κ2) is 16.7. The lowest BCUT2D eigenvalue weighted by atomic mass is 10.1. The fraction of sp³-hybridized carbons (Fsp3) is 0.333. The molecule has 208 valence electrons. The number of benzene rings is 2. The average molecular weight is 539 g/mol. The molecule has 1 aromatic heterocycles. The normalized spacial score (nSPS) is 10.6. The number of hydrogen-bond donors (Lipinski definition) is 5. The zero-order valence-electron chi connectivity index (χ0n) is 21.8. The largest absolute Gasteiger partial charge is 0.378 e. The number of anilines is 4. The van der Waals surface area contributed by atoms with Gasteiger partial charge in [0.15, 0.2) is 0 Å². The van der Waals surface area contributed by atoms with Gasteiger partial charge in [0.1, 0.15) is 5.82 Å². The van der Waals surface area contributed by atoms with Gasteiger partial charge in [-0.05, 0) is 35.4 Å². The summed E-state index contributed by atoms with van der Waals surface area (Å²) in [7, 11) is 0. The lowest BCUT2D eigenvalue weighted by molar-refractivity contribution is -0.120. The van der Waals surface area contributed by atoms with Gasteiger partial charge in [0.2, 0.25) is 23.8 Å². The minimum Gasteiger partial charge on any atom is -0.378 e. The van der Waals surface area contributed by atoms with Crippen molar-refractivity contribution in [2.45, 2.75) is 13.0 Å². The molecule has 0 bridgehead atoms. The number of aromatic nitrogens is 3. The first kappa shape index (κ1) is 29.4. The summed E-state index contributed by atoms with van der Waals surface area (Å²) in [6, 6.07) is 13.7. The number of carbonyl (C=O) groups excluding carboxylic acids is 1. The van der Waals surface area contributed by atoms with Crippen LogP contribution in [0, 0.1) is 5.82 Å². The van der Waals surface area contributed by atoms with E-state index in [1.807, 2.05) is 30.3 Å². The molecule has 0 fully saturated rings. The number of nitrogens with one attached hydrogen (secondary N) is 4. The van der Waals surface area contributed by atoms with Crippen molar-refractivity contribution in [1.82, 2.24) is 20.3 Å². The average Bonchev–Trinajstić information content (AvgIpc) is 2.93. The number of ether oxygens (including phenoxy) is 2. The number of rotatable bonds is 18. The number of halogens is 1. The summed E-state index contributed by atoms with van der Waals surface area (Å²) in [6.45, 7) is 7.28. The lowest BCUT2D eigenvalue weighted by Crippen LogP contribution is -2.29. The molecule has 0 saturated heterocycles. The van der Waals surface area contributed by atoms with E-state index >= 15 is 0 Å². The molecule has 0 aliphatic rings. The topological polar surface area (TPSA) is 148 Å². The molecule has 6 N–H and O–H groups in total. The van der Waals surface area contributed by atoms with E-state index in [-0.39, 0.29) is 18.1 Å². The van der Waals surface area contributed by atoms with Crippen LogP contribution in [0.3, 0.4) is 0 Å². The predicted octanol–water partition coefficient (Wildman–Crippen LogP) is 2.61. The second-order valence-corrected chi connectivity index (χ2v) is 8.32. The molecule has 3 rings (SSSR count). The van der Waals surface area contributed by atoms with Crippen molar-refractivity contribution in [2.24, 2.45) is 5.73 Å². The zero-order chi connectivity index (χ0) is 27.7. The van der Waals surface area contributed by atoms with E-state index in [1.54, 1.807) is 12.1 Å². The Kier molecular flexibility index (Phi) is 12.6. The highest BCUT2D eigenvalue weighted by atomic mass is 19.1. The van der Waals surface area contributed by atoms with Crippen LogP contribution in [0.4, 0.5) is 27.9 Å². The lowest BCUT2D eigenvalue weighted by Gasteiger charge is -2.11. The number of carbonyl (C=O) groups is 1. The highest BCUT2D eigenvalue weighted by molar-refractivity contribution is 5.78. The molecule has 0 radical (unpaired) electrons. The van der Waals surface area contributed by atoms with Gasteiger partial charge >= 0.3 is 0 Å².